The Hall–Kier alpha value is -2.36. The van der Waals surface area contributed by atoms with Gasteiger partial charge in [-0.3, -0.25) is 0 Å². The fourth-order valence-electron chi connectivity index (χ4n) is 4.77. The summed E-state index contributed by atoms with van der Waals surface area (Å²) in [5.41, 5.74) is -0.554. The first-order valence-electron chi connectivity index (χ1n) is 21.2. The van der Waals surface area contributed by atoms with Gasteiger partial charge in [-0.1, -0.05) is 117 Å². The molecule has 0 aromatic rings. The fraction of sp³-hybridized carbons (Fsp3) is 0.727. The zero-order valence-corrected chi connectivity index (χ0v) is 41.9. The van der Waals surface area contributed by atoms with E-state index in [1.807, 2.05) is 0 Å². The second-order valence-corrected chi connectivity index (χ2v) is 16.4. The number of unbranched alkanes of at least 4 members (excludes halogenated alkanes) is 17. The van der Waals surface area contributed by atoms with Crippen molar-refractivity contribution in [2.45, 2.75) is 204 Å². The van der Waals surface area contributed by atoms with Crippen LogP contribution in [0, 0.1) is 0 Å². The molecular weight excluding hydrogens is 958 g/mol. The molecule has 328 valence electrons. The Morgan fingerprint density at radius 2 is 0.517 bits per heavy atom. The Kier molecular flexibility index (Phi) is 58.8. The van der Waals surface area contributed by atoms with E-state index in [9.17, 15) is 59.4 Å². The molecule has 0 saturated carbocycles. The molecule has 0 spiro atoms. The van der Waals surface area contributed by atoms with Gasteiger partial charge in [-0.15, -0.1) is 0 Å². The van der Waals surface area contributed by atoms with Gasteiger partial charge in [0.2, 0.25) is 0 Å². The van der Waals surface area contributed by atoms with Crippen molar-refractivity contribution < 1.29 is 59.4 Å². The van der Waals surface area contributed by atoms with Gasteiger partial charge in [0.05, 0.1) is 35.8 Å². The van der Waals surface area contributed by atoms with Gasteiger partial charge in [-0.25, -0.2) is 0 Å². The number of carbonyl (C=O) groups excluding carboxylic acids is 6. The SMILES string of the molecule is CCCCCCCC/C(=C/C(=O)[O-])C(=O)[O-].CCCCCCCC/C(=C/C(=O)[O-])C(=O)[O-].CCCCCCCC/C(=C/C(=O)[O-])C(=O)[O-].CCC[CH2][Sn+3].CCC[CH2][Sn+3]. The normalized spacial score (nSPS) is 10.9. The van der Waals surface area contributed by atoms with Crippen molar-refractivity contribution in [3.63, 3.8) is 0 Å². The first kappa shape index (κ1) is 64.8. The average molecular weight is 1030 g/mol. The molecule has 58 heavy (non-hydrogen) atoms. The number of hydrogen-bond donors (Lipinski definition) is 0. The van der Waals surface area contributed by atoms with E-state index in [2.05, 4.69) is 34.6 Å². The van der Waals surface area contributed by atoms with E-state index in [-0.39, 0.29) is 36.0 Å². The van der Waals surface area contributed by atoms with E-state index in [0.717, 1.165) is 77.0 Å². The molecule has 12 nitrogen and oxygen atoms in total. The number of aliphatic carboxylic acids is 6. The van der Waals surface area contributed by atoms with Crippen molar-refractivity contribution in [3.8, 4) is 0 Å². The van der Waals surface area contributed by atoms with Crippen molar-refractivity contribution in [1.82, 2.24) is 0 Å². The van der Waals surface area contributed by atoms with Crippen LogP contribution < -0.4 is 30.6 Å². The van der Waals surface area contributed by atoms with Crippen LogP contribution in [0.25, 0.3) is 0 Å². The topological polar surface area (TPSA) is 241 Å². The summed E-state index contributed by atoms with van der Waals surface area (Å²) in [6.45, 7) is 10.8. The first-order chi connectivity index (χ1) is 27.6. The van der Waals surface area contributed by atoms with Gasteiger partial charge in [0.25, 0.3) is 0 Å². The Morgan fingerprint density at radius 1 is 0.328 bits per heavy atom. The van der Waals surface area contributed by atoms with Gasteiger partial charge in [0.1, 0.15) is 0 Å². The molecule has 0 bridgehead atoms. The maximum absolute atomic E-state index is 10.5. The fourth-order valence-corrected chi connectivity index (χ4v) is 6.79. The van der Waals surface area contributed by atoms with Crippen LogP contribution in [-0.2, 0) is 28.8 Å². The molecule has 0 unspecified atom stereocenters. The molecule has 0 saturated heterocycles. The summed E-state index contributed by atoms with van der Waals surface area (Å²) in [5.74, 6) is -8.70. The Labute approximate surface area is 377 Å². The molecule has 0 fully saturated rings. The van der Waals surface area contributed by atoms with Crippen molar-refractivity contribution in [2.24, 2.45) is 0 Å². The molecule has 14 heteroatoms. The third-order valence-electron chi connectivity index (χ3n) is 8.12. The van der Waals surface area contributed by atoms with Crippen LogP contribution in [0.4, 0.5) is 0 Å². The van der Waals surface area contributed by atoms with Crippen molar-refractivity contribution in [1.29, 1.82) is 0 Å². The summed E-state index contributed by atoms with van der Waals surface area (Å²) in [4.78, 5) is 62.2. The van der Waals surface area contributed by atoms with Crippen molar-refractivity contribution >= 4 is 80.9 Å². The standard InChI is InChI=1S/3C12H20O4.2C4H9.2Sn/c3*1-2-3-4-5-6-7-8-10(12(15)16)9-11(13)14;2*1-3-4-2;;/h3*9H,2-8H2,1H3,(H,13,14)(H,15,16);2*1,3-4H2,2H3;;/q;;;;;2*+3/p-6/b3*10-9-;;;;. The van der Waals surface area contributed by atoms with E-state index in [1.54, 1.807) is 45.0 Å². The van der Waals surface area contributed by atoms with Crippen LogP contribution >= 0.6 is 0 Å². The van der Waals surface area contributed by atoms with Gasteiger partial charge < -0.3 is 59.4 Å². The van der Waals surface area contributed by atoms with Crippen LogP contribution in [0.15, 0.2) is 34.9 Å². The van der Waals surface area contributed by atoms with Crippen LogP contribution in [0.2, 0.25) is 8.87 Å². The minimum atomic E-state index is -1.48. The molecule has 0 rings (SSSR count). The van der Waals surface area contributed by atoms with Crippen LogP contribution in [0.1, 0.15) is 195 Å². The van der Waals surface area contributed by atoms with Gasteiger partial charge >= 0.3 is 93.5 Å². The Morgan fingerprint density at radius 3 is 0.655 bits per heavy atom. The second kappa shape index (κ2) is 52.7. The predicted octanol–water partition coefficient (Wildman–Crippen LogP) is 3.24. The third-order valence-corrected chi connectivity index (χ3v) is 10.1. The van der Waals surface area contributed by atoms with Crippen LogP contribution in [-0.4, -0.2) is 80.9 Å². The quantitative estimate of drug-likeness (QED) is 0.0553. The number of carboxylic acid groups (broad SMARTS) is 6. The third kappa shape index (κ3) is 60.3. The Balaban J connectivity index is -0.000000216. The number of rotatable bonds is 31. The molecule has 0 aliphatic rings. The van der Waals surface area contributed by atoms with E-state index >= 15 is 0 Å². The summed E-state index contributed by atoms with van der Waals surface area (Å²) in [5, 5.41) is 62.2. The zero-order valence-electron chi connectivity index (χ0n) is 36.2. The van der Waals surface area contributed by atoms with E-state index in [1.165, 1.54) is 53.8 Å². The summed E-state index contributed by atoms with van der Waals surface area (Å²) in [6, 6.07) is 0. The van der Waals surface area contributed by atoms with Gasteiger partial charge in [-0.2, -0.15) is 0 Å². The van der Waals surface area contributed by atoms with Gasteiger partial charge in [-0.05, 0) is 73.5 Å². The van der Waals surface area contributed by atoms with Crippen LogP contribution in [0.5, 0.6) is 0 Å². The first-order valence-corrected chi connectivity index (χ1v) is 25.3. The summed E-state index contributed by atoms with van der Waals surface area (Å²) in [6.07, 6.45) is 26.5. The maximum atomic E-state index is 10.5. The second-order valence-electron chi connectivity index (χ2n) is 13.6. The Bertz CT molecular complexity index is 995. The molecule has 0 N–H and O–H groups in total. The molecule has 0 radical (unpaired) electrons. The van der Waals surface area contributed by atoms with Gasteiger partial charge in [0.15, 0.2) is 0 Å². The van der Waals surface area contributed by atoms with Crippen molar-refractivity contribution in [3.05, 3.63) is 34.9 Å². The minimum absolute atomic E-state index is 0.185. The molecule has 0 aromatic carbocycles. The number of carboxylic acids is 6. The number of hydrogen-bond acceptors (Lipinski definition) is 12. The van der Waals surface area contributed by atoms with Gasteiger partial charge in [0, 0.05) is 0 Å². The zero-order chi connectivity index (χ0) is 45.4. The molecule has 0 heterocycles. The molecular formula is C44H72O12Sn2. The van der Waals surface area contributed by atoms with E-state index in [4.69, 9.17) is 0 Å². The molecule has 0 amide bonds. The molecule has 0 aromatic heterocycles. The molecule has 0 atom stereocenters. The number of carbonyl (C=O) groups is 6. The van der Waals surface area contributed by atoms with Crippen LogP contribution in [0.3, 0.4) is 0 Å². The average Bonchev–Trinajstić information content (AvgIpc) is 3.15. The summed E-state index contributed by atoms with van der Waals surface area (Å²) >= 11 is 3.37. The molecule has 0 aliphatic heterocycles. The van der Waals surface area contributed by atoms with E-state index in [0.29, 0.717) is 37.5 Å². The monoisotopic (exact) mass is 1030 g/mol. The van der Waals surface area contributed by atoms with Crippen molar-refractivity contribution in [2.75, 3.05) is 0 Å². The molecule has 0 aliphatic carbocycles. The predicted molar refractivity (Wildman–Crippen MR) is 219 cm³/mol. The van der Waals surface area contributed by atoms with E-state index < -0.39 is 35.8 Å². The summed E-state index contributed by atoms with van der Waals surface area (Å²) < 4.78 is 2.87. The summed E-state index contributed by atoms with van der Waals surface area (Å²) in [7, 11) is 0.